The Hall–Kier alpha value is -5.09. The van der Waals surface area contributed by atoms with E-state index >= 15 is 0 Å². The number of phenolic OH excluding ortho intramolecular Hbond substituents is 1. The summed E-state index contributed by atoms with van der Waals surface area (Å²) >= 11 is 0. The van der Waals surface area contributed by atoms with Gasteiger partial charge < -0.3 is 5.11 Å². The molecule has 1 N–H and O–H groups in total. The van der Waals surface area contributed by atoms with Gasteiger partial charge in [0.25, 0.3) is 0 Å². The monoisotopic (exact) mass is 479 g/mol. The number of aromatic hydroxyl groups is 1. The number of para-hydroxylation sites is 1. The van der Waals surface area contributed by atoms with Gasteiger partial charge in [0.05, 0.1) is 22.8 Å². The predicted octanol–water partition coefficient (Wildman–Crippen LogP) is 8.00. The molecule has 4 heteroatoms. The molecule has 178 valence electrons. The first-order chi connectivity index (χ1) is 18.2. The Morgan fingerprint density at radius 1 is 0.622 bits per heavy atom. The molecule has 0 atom stereocenters. The summed E-state index contributed by atoms with van der Waals surface area (Å²) in [5, 5.41) is 10.2. The van der Waals surface area contributed by atoms with Gasteiger partial charge in [0.1, 0.15) is 5.75 Å². The molecule has 0 aliphatic carbocycles. The van der Waals surface area contributed by atoms with E-state index in [-0.39, 0.29) is 5.75 Å². The van der Waals surface area contributed by atoms with Crippen LogP contribution in [0.15, 0.2) is 135 Å². The van der Waals surface area contributed by atoms with Crippen LogP contribution in [0.1, 0.15) is 5.69 Å². The number of rotatable bonds is 7. The van der Waals surface area contributed by atoms with E-state index in [0.29, 0.717) is 17.1 Å². The van der Waals surface area contributed by atoms with Gasteiger partial charge in [-0.1, -0.05) is 104 Å². The minimum atomic E-state index is 0.207. The molecule has 0 fully saturated rings. The van der Waals surface area contributed by atoms with E-state index in [2.05, 4.69) is 13.2 Å². The molecular formula is C33H25N3O. The Labute approximate surface area is 216 Å². The first-order valence-corrected chi connectivity index (χ1v) is 11.9. The Balaban J connectivity index is 1.54. The van der Waals surface area contributed by atoms with Crippen molar-refractivity contribution < 1.29 is 5.11 Å². The van der Waals surface area contributed by atoms with Gasteiger partial charge in [-0.2, -0.15) is 0 Å². The van der Waals surface area contributed by atoms with Crippen LogP contribution < -0.4 is 0 Å². The van der Waals surface area contributed by atoms with Crippen LogP contribution >= 0.6 is 0 Å². The Morgan fingerprint density at radius 2 is 1.30 bits per heavy atom. The normalized spacial score (nSPS) is 11.2. The number of nitrogens with zero attached hydrogens (tertiary/aromatic N) is 3. The number of allylic oxidation sites excluding steroid dienone is 4. The van der Waals surface area contributed by atoms with Crippen molar-refractivity contribution in [2.75, 3.05) is 0 Å². The number of hydrogen-bond donors (Lipinski definition) is 1. The molecule has 3 aromatic carbocycles. The maximum absolute atomic E-state index is 10.2. The van der Waals surface area contributed by atoms with Crippen LogP contribution in [0.5, 0.6) is 5.75 Å². The molecule has 0 saturated heterocycles. The summed E-state index contributed by atoms with van der Waals surface area (Å²) in [5.41, 5.74) is 7.57. The van der Waals surface area contributed by atoms with E-state index < -0.39 is 0 Å². The zero-order chi connectivity index (χ0) is 25.6. The summed E-state index contributed by atoms with van der Waals surface area (Å²) in [7, 11) is 0. The molecule has 0 bridgehead atoms. The molecule has 0 aliphatic heterocycles. The Bertz CT molecular complexity index is 1600. The minimum Gasteiger partial charge on any atom is -0.507 e. The van der Waals surface area contributed by atoms with Gasteiger partial charge in [-0.3, -0.25) is 0 Å². The first-order valence-electron chi connectivity index (χ1n) is 11.9. The number of benzene rings is 3. The van der Waals surface area contributed by atoms with Crippen LogP contribution in [0.4, 0.5) is 0 Å². The molecule has 4 nitrogen and oxygen atoms in total. The van der Waals surface area contributed by atoms with Crippen LogP contribution in [0, 0.1) is 0 Å². The largest absolute Gasteiger partial charge is 0.507 e. The summed E-state index contributed by atoms with van der Waals surface area (Å²) in [6.45, 7) is 7.76. The van der Waals surface area contributed by atoms with E-state index in [1.807, 2.05) is 97.1 Å². The second-order valence-corrected chi connectivity index (χ2v) is 8.39. The van der Waals surface area contributed by atoms with Gasteiger partial charge in [-0.15, -0.1) is 0 Å². The standard InChI is InChI=1S/C33H25N3O/c1-3-11-23(4-2)30-22-31(24-12-6-5-7-13-24)36-33(35-30)26-20-18-25(19-21-26)28-15-10-16-29(34-28)27-14-8-9-17-32(27)37/h3-22,37H,1-2H2/b23-11+. The van der Waals surface area contributed by atoms with E-state index in [1.165, 1.54) is 0 Å². The first kappa shape index (κ1) is 23.6. The van der Waals surface area contributed by atoms with E-state index in [0.717, 1.165) is 39.3 Å². The maximum atomic E-state index is 10.2. The zero-order valence-electron chi connectivity index (χ0n) is 20.3. The average Bonchev–Trinajstić information content (AvgIpc) is 2.96. The van der Waals surface area contributed by atoms with Crippen molar-refractivity contribution in [2.45, 2.75) is 0 Å². The summed E-state index contributed by atoms with van der Waals surface area (Å²) in [5.74, 6) is 0.828. The number of phenols is 1. The van der Waals surface area contributed by atoms with Gasteiger partial charge >= 0.3 is 0 Å². The summed E-state index contributed by atoms with van der Waals surface area (Å²) in [6, 6.07) is 33.1. The lowest BCUT2D eigenvalue weighted by Gasteiger charge is -2.10. The topological polar surface area (TPSA) is 58.9 Å². The molecule has 0 radical (unpaired) electrons. The second-order valence-electron chi connectivity index (χ2n) is 8.39. The lowest BCUT2D eigenvalue weighted by atomic mass is 10.0. The molecule has 0 saturated carbocycles. The molecule has 0 spiro atoms. The van der Waals surface area contributed by atoms with Crippen LogP contribution in [0.25, 0.3) is 50.7 Å². The van der Waals surface area contributed by atoms with Crippen molar-refractivity contribution >= 4 is 5.57 Å². The predicted molar refractivity (Wildman–Crippen MR) is 152 cm³/mol. The smallest absolute Gasteiger partial charge is 0.160 e. The van der Waals surface area contributed by atoms with E-state index in [9.17, 15) is 5.11 Å². The quantitative estimate of drug-likeness (QED) is 0.240. The van der Waals surface area contributed by atoms with Crippen molar-refractivity contribution in [1.29, 1.82) is 0 Å². The van der Waals surface area contributed by atoms with Crippen LogP contribution in [-0.2, 0) is 0 Å². The fraction of sp³-hybridized carbons (Fsp3) is 0. The molecule has 0 unspecified atom stereocenters. The fourth-order valence-electron chi connectivity index (χ4n) is 4.09. The van der Waals surface area contributed by atoms with Crippen LogP contribution in [0.2, 0.25) is 0 Å². The highest BCUT2D eigenvalue weighted by Gasteiger charge is 2.12. The van der Waals surface area contributed by atoms with Gasteiger partial charge in [0.15, 0.2) is 5.82 Å². The van der Waals surface area contributed by atoms with Crippen LogP contribution in [0.3, 0.4) is 0 Å². The van der Waals surface area contributed by atoms with Gasteiger partial charge in [-0.25, -0.2) is 15.0 Å². The molecule has 5 aromatic rings. The summed E-state index contributed by atoms with van der Waals surface area (Å²) in [6.07, 6.45) is 5.39. The molecule has 2 heterocycles. The zero-order valence-corrected chi connectivity index (χ0v) is 20.3. The van der Waals surface area contributed by atoms with Crippen molar-refractivity contribution in [2.24, 2.45) is 0 Å². The lowest BCUT2D eigenvalue weighted by molar-refractivity contribution is 0.477. The SMILES string of the molecule is C=C/C=C(\C=C)c1cc(-c2ccccc2)nc(-c2ccc(-c3cccc(-c4ccccc4O)n3)cc2)n1. The Kier molecular flexibility index (Phi) is 6.82. The Morgan fingerprint density at radius 3 is 2.03 bits per heavy atom. The van der Waals surface area contributed by atoms with Gasteiger partial charge in [0.2, 0.25) is 0 Å². The van der Waals surface area contributed by atoms with Crippen molar-refractivity contribution in [3.05, 3.63) is 140 Å². The average molecular weight is 480 g/mol. The van der Waals surface area contributed by atoms with E-state index in [4.69, 9.17) is 15.0 Å². The van der Waals surface area contributed by atoms with Crippen molar-refractivity contribution in [1.82, 2.24) is 15.0 Å². The minimum absolute atomic E-state index is 0.207. The van der Waals surface area contributed by atoms with Gasteiger partial charge in [0, 0.05) is 22.3 Å². The van der Waals surface area contributed by atoms with Crippen molar-refractivity contribution in [3.8, 4) is 50.9 Å². The third-order valence-electron chi connectivity index (χ3n) is 5.98. The highest BCUT2D eigenvalue weighted by molar-refractivity contribution is 5.77. The molecule has 0 amide bonds. The highest BCUT2D eigenvalue weighted by atomic mass is 16.3. The molecule has 5 rings (SSSR count). The number of pyridine rings is 1. The third-order valence-corrected chi connectivity index (χ3v) is 5.98. The number of hydrogen-bond acceptors (Lipinski definition) is 4. The summed E-state index contributed by atoms with van der Waals surface area (Å²) in [4.78, 5) is 14.5. The number of aromatic nitrogens is 3. The third kappa shape index (κ3) is 5.14. The second kappa shape index (κ2) is 10.7. The molecule has 2 aromatic heterocycles. The molecule has 0 aliphatic rings. The molecular weight excluding hydrogens is 454 g/mol. The van der Waals surface area contributed by atoms with Gasteiger partial charge in [-0.05, 0) is 35.9 Å². The lowest BCUT2D eigenvalue weighted by Crippen LogP contribution is -1.98. The maximum Gasteiger partial charge on any atom is 0.160 e. The highest BCUT2D eigenvalue weighted by Crippen LogP contribution is 2.30. The summed E-state index contributed by atoms with van der Waals surface area (Å²) < 4.78 is 0. The van der Waals surface area contributed by atoms with E-state index in [1.54, 1.807) is 24.3 Å². The van der Waals surface area contributed by atoms with Crippen molar-refractivity contribution in [3.63, 3.8) is 0 Å². The van der Waals surface area contributed by atoms with Crippen LogP contribution in [-0.4, -0.2) is 20.1 Å². The molecule has 37 heavy (non-hydrogen) atoms. The fourth-order valence-corrected chi connectivity index (χ4v) is 4.09.